The standard InChI is InChI=1S/C14H27N3O2/c1-3-14(5-6-15-11-14)13(18)16-9-12-10-17(4-2)7-8-19-12/h12,15H,3-11H2,1-2H3,(H,16,18). The summed E-state index contributed by atoms with van der Waals surface area (Å²) >= 11 is 0. The van der Waals surface area contributed by atoms with Crippen molar-refractivity contribution >= 4 is 5.91 Å². The fourth-order valence-corrected chi connectivity index (χ4v) is 2.99. The number of likely N-dealkylation sites (N-methyl/N-ethyl adjacent to an activating group) is 1. The number of hydrogen-bond donors (Lipinski definition) is 2. The quantitative estimate of drug-likeness (QED) is 0.749. The molecule has 2 aliphatic rings. The number of carbonyl (C=O) groups is 1. The number of nitrogens with one attached hydrogen (secondary N) is 2. The van der Waals surface area contributed by atoms with Gasteiger partial charge >= 0.3 is 0 Å². The Bertz CT molecular complexity index is 303. The highest BCUT2D eigenvalue weighted by Gasteiger charge is 2.39. The Hall–Kier alpha value is -0.650. The van der Waals surface area contributed by atoms with Crippen molar-refractivity contribution in [1.82, 2.24) is 15.5 Å². The van der Waals surface area contributed by atoms with E-state index in [0.717, 1.165) is 52.2 Å². The molecule has 5 nitrogen and oxygen atoms in total. The lowest BCUT2D eigenvalue weighted by Gasteiger charge is -2.33. The summed E-state index contributed by atoms with van der Waals surface area (Å²) in [6.07, 6.45) is 1.99. The fourth-order valence-electron chi connectivity index (χ4n) is 2.99. The Kier molecular flexibility index (Phi) is 5.19. The highest BCUT2D eigenvalue weighted by atomic mass is 16.5. The van der Waals surface area contributed by atoms with Crippen LogP contribution in [0.3, 0.4) is 0 Å². The number of hydrogen-bond acceptors (Lipinski definition) is 4. The average Bonchev–Trinajstić information content (AvgIpc) is 2.95. The summed E-state index contributed by atoms with van der Waals surface area (Å²) in [5.41, 5.74) is -0.195. The Morgan fingerprint density at radius 1 is 1.53 bits per heavy atom. The zero-order valence-electron chi connectivity index (χ0n) is 12.2. The minimum atomic E-state index is -0.195. The molecule has 0 saturated carbocycles. The van der Waals surface area contributed by atoms with Crippen LogP contribution >= 0.6 is 0 Å². The van der Waals surface area contributed by atoms with Gasteiger partial charge in [-0.3, -0.25) is 9.69 Å². The first kappa shape index (κ1) is 14.8. The molecular formula is C14H27N3O2. The van der Waals surface area contributed by atoms with Crippen LogP contribution in [-0.2, 0) is 9.53 Å². The predicted molar refractivity (Wildman–Crippen MR) is 75.1 cm³/mol. The molecule has 2 aliphatic heterocycles. The van der Waals surface area contributed by atoms with E-state index in [2.05, 4.69) is 29.4 Å². The van der Waals surface area contributed by atoms with Gasteiger partial charge in [-0.05, 0) is 25.9 Å². The van der Waals surface area contributed by atoms with Gasteiger partial charge < -0.3 is 15.4 Å². The van der Waals surface area contributed by atoms with Gasteiger partial charge in [0.1, 0.15) is 0 Å². The normalized spacial score (nSPS) is 32.4. The van der Waals surface area contributed by atoms with E-state index in [-0.39, 0.29) is 17.4 Å². The van der Waals surface area contributed by atoms with Crippen LogP contribution in [0.1, 0.15) is 26.7 Å². The number of morpholine rings is 1. The second-order valence-corrected chi connectivity index (χ2v) is 5.66. The van der Waals surface area contributed by atoms with Crippen LogP contribution in [0.5, 0.6) is 0 Å². The van der Waals surface area contributed by atoms with Gasteiger partial charge in [-0.25, -0.2) is 0 Å². The van der Waals surface area contributed by atoms with Crippen LogP contribution < -0.4 is 10.6 Å². The molecule has 2 fully saturated rings. The minimum Gasteiger partial charge on any atom is -0.374 e. The summed E-state index contributed by atoms with van der Waals surface area (Å²) in [6, 6.07) is 0. The monoisotopic (exact) mass is 269 g/mol. The maximum absolute atomic E-state index is 12.4. The molecule has 1 amide bonds. The van der Waals surface area contributed by atoms with Gasteiger partial charge in [0.2, 0.25) is 5.91 Å². The van der Waals surface area contributed by atoms with Gasteiger partial charge in [0, 0.05) is 26.2 Å². The molecule has 2 atom stereocenters. The van der Waals surface area contributed by atoms with E-state index in [4.69, 9.17) is 4.74 Å². The molecule has 2 heterocycles. The van der Waals surface area contributed by atoms with Crippen LogP contribution in [0.4, 0.5) is 0 Å². The number of amides is 1. The van der Waals surface area contributed by atoms with Crippen LogP contribution in [-0.4, -0.2) is 62.8 Å². The van der Waals surface area contributed by atoms with Crippen molar-refractivity contribution in [3.8, 4) is 0 Å². The van der Waals surface area contributed by atoms with Crippen molar-refractivity contribution in [3.05, 3.63) is 0 Å². The van der Waals surface area contributed by atoms with Crippen molar-refractivity contribution < 1.29 is 9.53 Å². The van der Waals surface area contributed by atoms with Gasteiger partial charge in [-0.15, -0.1) is 0 Å². The van der Waals surface area contributed by atoms with Gasteiger partial charge in [0.05, 0.1) is 18.1 Å². The number of nitrogens with zero attached hydrogens (tertiary/aromatic N) is 1. The SMILES string of the molecule is CCN1CCOC(CNC(=O)C2(CC)CCNC2)C1. The maximum atomic E-state index is 12.4. The minimum absolute atomic E-state index is 0.140. The van der Waals surface area contributed by atoms with Gasteiger partial charge in [0.15, 0.2) is 0 Å². The number of ether oxygens (including phenoxy) is 1. The second-order valence-electron chi connectivity index (χ2n) is 5.66. The first-order valence-electron chi connectivity index (χ1n) is 7.53. The predicted octanol–water partition coefficient (Wildman–Crippen LogP) is 0.213. The molecule has 2 saturated heterocycles. The number of carbonyl (C=O) groups excluding carboxylic acids is 1. The lowest BCUT2D eigenvalue weighted by Crippen LogP contribution is -2.50. The first-order valence-corrected chi connectivity index (χ1v) is 7.53. The maximum Gasteiger partial charge on any atom is 0.227 e. The third-order valence-corrected chi connectivity index (χ3v) is 4.56. The topological polar surface area (TPSA) is 53.6 Å². The molecule has 2 unspecified atom stereocenters. The van der Waals surface area contributed by atoms with E-state index in [1.165, 1.54) is 0 Å². The summed E-state index contributed by atoms with van der Waals surface area (Å²) < 4.78 is 5.72. The Morgan fingerprint density at radius 2 is 2.37 bits per heavy atom. The van der Waals surface area contributed by atoms with E-state index in [1.807, 2.05) is 0 Å². The lowest BCUT2D eigenvalue weighted by atomic mass is 9.83. The summed E-state index contributed by atoms with van der Waals surface area (Å²) in [4.78, 5) is 14.7. The highest BCUT2D eigenvalue weighted by Crippen LogP contribution is 2.29. The van der Waals surface area contributed by atoms with Gasteiger partial charge in [-0.1, -0.05) is 13.8 Å². The molecule has 0 radical (unpaired) electrons. The molecule has 5 heteroatoms. The molecule has 0 aromatic carbocycles. The summed E-state index contributed by atoms with van der Waals surface area (Å²) in [7, 11) is 0. The van der Waals surface area contributed by atoms with E-state index in [1.54, 1.807) is 0 Å². The van der Waals surface area contributed by atoms with Crippen LogP contribution in [0.15, 0.2) is 0 Å². The fraction of sp³-hybridized carbons (Fsp3) is 0.929. The van der Waals surface area contributed by atoms with E-state index in [0.29, 0.717) is 6.54 Å². The van der Waals surface area contributed by atoms with E-state index >= 15 is 0 Å². The van der Waals surface area contributed by atoms with Crippen molar-refractivity contribution in [2.24, 2.45) is 5.41 Å². The van der Waals surface area contributed by atoms with Crippen LogP contribution in [0.25, 0.3) is 0 Å². The van der Waals surface area contributed by atoms with E-state index in [9.17, 15) is 4.79 Å². The first-order chi connectivity index (χ1) is 9.20. The largest absolute Gasteiger partial charge is 0.374 e. The van der Waals surface area contributed by atoms with Crippen LogP contribution in [0, 0.1) is 5.41 Å². The van der Waals surface area contributed by atoms with Crippen molar-refractivity contribution in [2.45, 2.75) is 32.8 Å². The van der Waals surface area contributed by atoms with Gasteiger partial charge in [0.25, 0.3) is 0 Å². The molecule has 110 valence electrons. The molecule has 0 spiro atoms. The van der Waals surface area contributed by atoms with E-state index < -0.39 is 0 Å². The zero-order chi connectivity index (χ0) is 13.7. The van der Waals surface area contributed by atoms with Crippen LogP contribution in [0.2, 0.25) is 0 Å². The molecular weight excluding hydrogens is 242 g/mol. The Balaban J connectivity index is 1.79. The third kappa shape index (κ3) is 3.46. The summed E-state index contributed by atoms with van der Waals surface area (Å²) in [5.74, 6) is 0.192. The van der Waals surface area contributed by atoms with Gasteiger partial charge in [-0.2, -0.15) is 0 Å². The van der Waals surface area contributed by atoms with Crippen molar-refractivity contribution in [2.75, 3.05) is 45.9 Å². The molecule has 0 bridgehead atoms. The molecule has 0 aromatic rings. The summed E-state index contributed by atoms with van der Waals surface area (Å²) in [6.45, 7) is 10.4. The molecule has 2 rings (SSSR count). The molecule has 0 aliphatic carbocycles. The smallest absolute Gasteiger partial charge is 0.227 e. The molecule has 2 N–H and O–H groups in total. The highest BCUT2D eigenvalue weighted by molar-refractivity contribution is 5.83. The zero-order valence-corrected chi connectivity index (χ0v) is 12.2. The number of rotatable bonds is 5. The average molecular weight is 269 g/mol. The Labute approximate surface area is 116 Å². The molecule has 19 heavy (non-hydrogen) atoms. The Morgan fingerprint density at radius 3 is 3.00 bits per heavy atom. The summed E-state index contributed by atoms with van der Waals surface area (Å²) in [5, 5.41) is 6.40. The van der Waals surface area contributed by atoms with Crippen molar-refractivity contribution in [3.63, 3.8) is 0 Å². The lowest BCUT2D eigenvalue weighted by molar-refractivity contribution is -0.131. The van der Waals surface area contributed by atoms with Crippen molar-refractivity contribution in [1.29, 1.82) is 0 Å². The second kappa shape index (κ2) is 6.68. The molecule has 0 aromatic heterocycles. The third-order valence-electron chi connectivity index (χ3n) is 4.56.